The third kappa shape index (κ3) is 3.88. The summed E-state index contributed by atoms with van der Waals surface area (Å²) in [5.74, 6) is 1.76. The topological polar surface area (TPSA) is 117 Å². The van der Waals surface area contributed by atoms with Crippen LogP contribution in [0.1, 0.15) is 17.1 Å². The van der Waals surface area contributed by atoms with E-state index in [1.807, 2.05) is 60.2 Å². The van der Waals surface area contributed by atoms with Crippen molar-refractivity contribution in [1.29, 1.82) is 0 Å². The summed E-state index contributed by atoms with van der Waals surface area (Å²) in [6.45, 7) is 2.34. The van der Waals surface area contributed by atoms with Crippen LogP contribution in [0.15, 0.2) is 61.2 Å². The Morgan fingerprint density at radius 2 is 2.03 bits per heavy atom. The van der Waals surface area contributed by atoms with Crippen LogP contribution in [0.4, 0.5) is 5.82 Å². The SMILES string of the molecule is COc1cc(/C(N)=C/NCc2nc(N)c3ccccc3n2)ccc1-n1cnc(C)c1. The van der Waals surface area contributed by atoms with Crippen LogP contribution in [0.2, 0.25) is 0 Å². The fourth-order valence-corrected chi connectivity index (χ4v) is 3.19. The highest BCUT2D eigenvalue weighted by Crippen LogP contribution is 2.26. The average molecular weight is 401 g/mol. The van der Waals surface area contributed by atoms with Crippen LogP contribution in [-0.2, 0) is 6.54 Å². The van der Waals surface area contributed by atoms with Crippen LogP contribution >= 0.6 is 0 Å². The van der Waals surface area contributed by atoms with Gasteiger partial charge in [-0.3, -0.25) is 0 Å². The van der Waals surface area contributed by atoms with Crippen molar-refractivity contribution in [3.63, 3.8) is 0 Å². The lowest BCUT2D eigenvalue weighted by atomic mass is 10.1. The van der Waals surface area contributed by atoms with Crippen LogP contribution in [0.25, 0.3) is 22.3 Å². The molecule has 0 bridgehead atoms. The van der Waals surface area contributed by atoms with Gasteiger partial charge in [0.25, 0.3) is 0 Å². The van der Waals surface area contributed by atoms with E-state index in [0.717, 1.165) is 27.8 Å². The van der Waals surface area contributed by atoms with Crippen molar-refractivity contribution in [2.45, 2.75) is 13.5 Å². The van der Waals surface area contributed by atoms with E-state index in [0.29, 0.717) is 29.6 Å². The molecule has 30 heavy (non-hydrogen) atoms. The van der Waals surface area contributed by atoms with Gasteiger partial charge in [-0.1, -0.05) is 18.2 Å². The van der Waals surface area contributed by atoms with Crippen molar-refractivity contribution >= 4 is 22.4 Å². The highest BCUT2D eigenvalue weighted by molar-refractivity contribution is 5.87. The van der Waals surface area contributed by atoms with E-state index in [1.165, 1.54) is 0 Å². The lowest BCUT2D eigenvalue weighted by Gasteiger charge is -2.12. The maximum absolute atomic E-state index is 6.25. The zero-order valence-corrected chi connectivity index (χ0v) is 16.8. The van der Waals surface area contributed by atoms with Crippen LogP contribution in [0.5, 0.6) is 5.75 Å². The molecule has 8 heteroatoms. The molecular weight excluding hydrogens is 378 g/mol. The van der Waals surface area contributed by atoms with Crippen LogP contribution in [0, 0.1) is 6.92 Å². The summed E-state index contributed by atoms with van der Waals surface area (Å²) < 4.78 is 7.46. The highest BCUT2D eigenvalue weighted by atomic mass is 16.5. The molecule has 2 heterocycles. The number of nitrogens with zero attached hydrogens (tertiary/aromatic N) is 4. The molecule has 4 aromatic rings. The largest absolute Gasteiger partial charge is 0.495 e. The molecule has 152 valence electrons. The fourth-order valence-electron chi connectivity index (χ4n) is 3.19. The molecule has 0 atom stereocenters. The second kappa shape index (κ2) is 8.12. The smallest absolute Gasteiger partial charge is 0.150 e. The standard InChI is InChI=1S/C22H23N7O/c1-14-12-29(13-26-14)19-8-7-15(9-20(19)30-2)17(23)10-25-11-21-27-18-6-4-3-5-16(18)22(24)28-21/h3-10,12-13,25H,11,23H2,1-2H3,(H2,24,27,28)/b17-10-. The predicted octanol–water partition coefficient (Wildman–Crippen LogP) is 2.76. The predicted molar refractivity (Wildman–Crippen MR) is 118 cm³/mol. The maximum Gasteiger partial charge on any atom is 0.150 e. The Kier molecular flexibility index (Phi) is 5.21. The molecule has 5 N–H and O–H groups in total. The molecule has 0 aliphatic heterocycles. The Morgan fingerprint density at radius 3 is 2.80 bits per heavy atom. The number of ether oxygens (including phenoxy) is 1. The van der Waals surface area contributed by atoms with Gasteiger partial charge in [-0.15, -0.1) is 0 Å². The zero-order valence-electron chi connectivity index (χ0n) is 16.8. The molecule has 2 aromatic heterocycles. The van der Waals surface area contributed by atoms with Gasteiger partial charge in [0.2, 0.25) is 0 Å². The number of methoxy groups -OCH3 is 1. The van der Waals surface area contributed by atoms with Gasteiger partial charge in [-0.2, -0.15) is 0 Å². The Labute approximate surface area is 174 Å². The summed E-state index contributed by atoms with van der Waals surface area (Å²) in [6.07, 6.45) is 5.42. The summed E-state index contributed by atoms with van der Waals surface area (Å²) in [5.41, 5.74) is 16.3. The lowest BCUT2D eigenvalue weighted by molar-refractivity contribution is 0.412. The number of nitrogen functional groups attached to an aromatic ring is 1. The molecule has 0 fully saturated rings. The Morgan fingerprint density at radius 1 is 1.20 bits per heavy atom. The van der Waals surface area contributed by atoms with E-state index in [4.69, 9.17) is 16.2 Å². The number of hydrogen-bond donors (Lipinski definition) is 3. The molecule has 0 radical (unpaired) electrons. The van der Waals surface area contributed by atoms with Crippen molar-refractivity contribution in [3.05, 3.63) is 78.3 Å². The van der Waals surface area contributed by atoms with Gasteiger partial charge in [-0.05, 0) is 31.2 Å². The van der Waals surface area contributed by atoms with Crippen molar-refractivity contribution in [3.8, 4) is 11.4 Å². The van der Waals surface area contributed by atoms with E-state index in [-0.39, 0.29) is 0 Å². The number of nitrogens with one attached hydrogen (secondary N) is 1. The van der Waals surface area contributed by atoms with Gasteiger partial charge >= 0.3 is 0 Å². The zero-order chi connectivity index (χ0) is 21.1. The number of fused-ring (bicyclic) bond motifs is 1. The van der Waals surface area contributed by atoms with E-state index >= 15 is 0 Å². The summed E-state index contributed by atoms with van der Waals surface area (Å²) in [5, 5.41) is 4.00. The van der Waals surface area contributed by atoms with Gasteiger partial charge in [0.15, 0.2) is 0 Å². The Hall–Kier alpha value is -4.07. The monoisotopic (exact) mass is 401 g/mol. The minimum Gasteiger partial charge on any atom is -0.495 e. The molecule has 0 unspecified atom stereocenters. The molecule has 0 aliphatic carbocycles. The number of para-hydroxylation sites is 1. The lowest BCUT2D eigenvalue weighted by Crippen LogP contribution is -2.12. The first-order valence-corrected chi connectivity index (χ1v) is 9.44. The summed E-state index contributed by atoms with van der Waals surface area (Å²) >= 11 is 0. The average Bonchev–Trinajstić information content (AvgIpc) is 3.19. The fraction of sp³-hybridized carbons (Fsp3) is 0.136. The first kappa shape index (κ1) is 19.3. The normalized spacial score (nSPS) is 11.6. The minimum atomic E-state index is 0.402. The van der Waals surface area contributed by atoms with Crippen LogP contribution in [-0.4, -0.2) is 26.6 Å². The van der Waals surface area contributed by atoms with E-state index < -0.39 is 0 Å². The maximum atomic E-state index is 6.25. The molecule has 0 spiro atoms. The molecule has 0 aliphatic rings. The number of nitrogens with two attached hydrogens (primary N) is 2. The summed E-state index contributed by atoms with van der Waals surface area (Å²) in [4.78, 5) is 13.1. The number of aryl methyl sites for hydroxylation is 1. The molecule has 4 rings (SSSR count). The van der Waals surface area contributed by atoms with E-state index in [1.54, 1.807) is 19.6 Å². The number of rotatable bonds is 6. The number of hydrogen-bond acceptors (Lipinski definition) is 7. The summed E-state index contributed by atoms with van der Waals surface area (Å²) in [7, 11) is 1.63. The van der Waals surface area contributed by atoms with Crippen LogP contribution in [0.3, 0.4) is 0 Å². The third-order valence-corrected chi connectivity index (χ3v) is 4.70. The van der Waals surface area contributed by atoms with E-state index in [2.05, 4.69) is 20.3 Å². The number of anilines is 1. The molecule has 0 saturated carbocycles. The molecule has 8 nitrogen and oxygen atoms in total. The second-order valence-electron chi connectivity index (χ2n) is 6.83. The first-order valence-electron chi connectivity index (χ1n) is 9.44. The van der Waals surface area contributed by atoms with Gasteiger partial charge in [0.1, 0.15) is 17.4 Å². The molecule has 2 aromatic carbocycles. The highest BCUT2D eigenvalue weighted by Gasteiger charge is 2.09. The van der Waals surface area contributed by atoms with Gasteiger partial charge in [0.05, 0.1) is 42.6 Å². The Balaban J connectivity index is 1.51. The van der Waals surface area contributed by atoms with Gasteiger partial charge in [0, 0.05) is 23.3 Å². The van der Waals surface area contributed by atoms with Gasteiger partial charge in [-0.25, -0.2) is 15.0 Å². The van der Waals surface area contributed by atoms with Crippen molar-refractivity contribution in [2.24, 2.45) is 5.73 Å². The Bertz CT molecular complexity index is 1230. The minimum absolute atomic E-state index is 0.402. The third-order valence-electron chi connectivity index (χ3n) is 4.70. The number of aromatic nitrogens is 4. The summed E-state index contributed by atoms with van der Waals surface area (Å²) in [6, 6.07) is 13.4. The van der Waals surface area contributed by atoms with Gasteiger partial charge < -0.3 is 26.1 Å². The molecular formula is C22H23N7O. The van der Waals surface area contributed by atoms with Crippen molar-refractivity contribution in [1.82, 2.24) is 24.8 Å². The number of imidazole rings is 1. The van der Waals surface area contributed by atoms with Crippen molar-refractivity contribution < 1.29 is 4.74 Å². The van der Waals surface area contributed by atoms with Crippen molar-refractivity contribution in [2.75, 3.05) is 12.8 Å². The first-order chi connectivity index (χ1) is 14.5. The van der Waals surface area contributed by atoms with Crippen LogP contribution < -0.4 is 21.5 Å². The molecule has 0 amide bonds. The molecule has 0 saturated heterocycles. The quantitative estimate of drug-likeness (QED) is 0.455. The second-order valence-corrected chi connectivity index (χ2v) is 6.83. The number of benzene rings is 2. The van der Waals surface area contributed by atoms with E-state index in [9.17, 15) is 0 Å².